The van der Waals surface area contributed by atoms with Gasteiger partial charge in [-0.05, 0) is 22.4 Å². The number of aromatic nitrogens is 1. The Morgan fingerprint density at radius 1 is 1.15 bits per heavy atom. The van der Waals surface area contributed by atoms with E-state index < -0.39 is 0 Å². The van der Waals surface area contributed by atoms with Gasteiger partial charge in [-0.3, -0.25) is 0 Å². The Balaban J connectivity index is 2.04. The van der Waals surface area contributed by atoms with Crippen LogP contribution in [0.5, 0.6) is 0 Å². The minimum absolute atomic E-state index is 0.141. The zero-order chi connectivity index (χ0) is 14.2. The molecule has 3 rings (SSSR count). The van der Waals surface area contributed by atoms with E-state index in [1.165, 1.54) is 16.3 Å². The molecule has 106 valence electrons. The number of hydrogen-bond donors (Lipinski definition) is 0. The van der Waals surface area contributed by atoms with E-state index in [0.717, 1.165) is 32.1 Å². The summed E-state index contributed by atoms with van der Waals surface area (Å²) in [6.07, 6.45) is 2.03. The zero-order valence-corrected chi connectivity index (χ0v) is 12.5. The maximum absolute atomic E-state index is 5.40. The largest absolute Gasteiger partial charge is 0.378 e. The van der Waals surface area contributed by atoms with Crippen LogP contribution in [-0.2, 0) is 10.2 Å². The van der Waals surface area contributed by atoms with Crippen molar-refractivity contribution in [2.24, 2.45) is 0 Å². The van der Waals surface area contributed by atoms with Gasteiger partial charge in [0.1, 0.15) is 5.82 Å². The summed E-state index contributed by atoms with van der Waals surface area (Å²) in [5, 5.41) is 2.53. The highest BCUT2D eigenvalue weighted by atomic mass is 16.5. The number of morpholine rings is 1. The van der Waals surface area contributed by atoms with Gasteiger partial charge in [0.25, 0.3) is 0 Å². The highest BCUT2D eigenvalue weighted by Crippen LogP contribution is 2.31. The first kappa shape index (κ1) is 13.4. The molecule has 0 aliphatic carbocycles. The molecule has 0 amide bonds. The van der Waals surface area contributed by atoms with Gasteiger partial charge in [-0.15, -0.1) is 0 Å². The van der Waals surface area contributed by atoms with Gasteiger partial charge >= 0.3 is 0 Å². The first-order valence-electron chi connectivity index (χ1n) is 7.28. The molecule has 2 aromatic rings. The fourth-order valence-electron chi connectivity index (χ4n) is 2.78. The monoisotopic (exact) mass is 270 g/mol. The number of nitrogens with zero attached hydrogens (tertiary/aromatic N) is 2. The van der Waals surface area contributed by atoms with E-state index in [9.17, 15) is 0 Å². The number of benzene rings is 1. The van der Waals surface area contributed by atoms with Gasteiger partial charge in [0.2, 0.25) is 0 Å². The Hall–Kier alpha value is -1.61. The second-order valence-corrected chi connectivity index (χ2v) is 6.42. The SMILES string of the molecule is CC(C)(C)c1cccc2cc(N3CCOCC3)ncc12. The minimum atomic E-state index is 0.141. The van der Waals surface area contributed by atoms with Gasteiger partial charge in [-0.25, -0.2) is 4.98 Å². The van der Waals surface area contributed by atoms with Gasteiger partial charge < -0.3 is 9.64 Å². The highest BCUT2D eigenvalue weighted by molar-refractivity contribution is 5.87. The van der Waals surface area contributed by atoms with Crippen molar-refractivity contribution in [2.75, 3.05) is 31.2 Å². The number of pyridine rings is 1. The lowest BCUT2D eigenvalue weighted by molar-refractivity contribution is 0.122. The molecule has 0 unspecified atom stereocenters. The van der Waals surface area contributed by atoms with Gasteiger partial charge in [-0.1, -0.05) is 39.0 Å². The molecule has 20 heavy (non-hydrogen) atoms. The second-order valence-electron chi connectivity index (χ2n) is 6.42. The van der Waals surface area contributed by atoms with Crippen LogP contribution in [0.2, 0.25) is 0 Å². The molecule has 0 spiro atoms. The molecule has 1 aromatic carbocycles. The van der Waals surface area contributed by atoms with Crippen LogP contribution in [0.3, 0.4) is 0 Å². The fraction of sp³-hybridized carbons (Fsp3) is 0.471. The van der Waals surface area contributed by atoms with Crippen LogP contribution in [0, 0.1) is 0 Å². The molecule has 0 N–H and O–H groups in total. The molecule has 2 heterocycles. The lowest BCUT2D eigenvalue weighted by Gasteiger charge is -2.28. The van der Waals surface area contributed by atoms with Crippen molar-refractivity contribution in [1.82, 2.24) is 4.98 Å². The number of ether oxygens (including phenoxy) is 1. The van der Waals surface area contributed by atoms with Crippen LogP contribution in [0.4, 0.5) is 5.82 Å². The lowest BCUT2D eigenvalue weighted by Crippen LogP contribution is -2.36. The smallest absolute Gasteiger partial charge is 0.129 e. The van der Waals surface area contributed by atoms with Crippen molar-refractivity contribution < 1.29 is 4.74 Å². The quantitative estimate of drug-likeness (QED) is 0.794. The predicted molar refractivity (Wildman–Crippen MR) is 83.5 cm³/mol. The molecule has 0 bridgehead atoms. The molecule has 1 saturated heterocycles. The molecule has 1 aromatic heterocycles. The maximum Gasteiger partial charge on any atom is 0.129 e. The summed E-state index contributed by atoms with van der Waals surface area (Å²) in [6.45, 7) is 10.2. The van der Waals surface area contributed by atoms with Crippen molar-refractivity contribution in [3.63, 3.8) is 0 Å². The topological polar surface area (TPSA) is 25.4 Å². The summed E-state index contributed by atoms with van der Waals surface area (Å²) >= 11 is 0. The van der Waals surface area contributed by atoms with Crippen LogP contribution in [0.25, 0.3) is 10.8 Å². The summed E-state index contributed by atoms with van der Waals surface area (Å²) in [5.41, 5.74) is 1.50. The molecule has 3 nitrogen and oxygen atoms in total. The third-order valence-corrected chi connectivity index (χ3v) is 3.89. The van der Waals surface area contributed by atoms with Gasteiger partial charge in [-0.2, -0.15) is 0 Å². The Morgan fingerprint density at radius 2 is 1.90 bits per heavy atom. The van der Waals surface area contributed by atoms with Crippen molar-refractivity contribution in [1.29, 1.82) is 0 Å². The molecular weight excluding hydrogens is 248 g/mol. The molecule has 0 atom stereocenters. The van der Waals surface area contributed by atoms with Crippen molar-refractivity contribution >= 4 is 16.6 Å². The van der Waals surface area contributed by atoms with Gasteiger partial charge in [0.15, 0.2) is 0 Å². The number of anilines is 1. The van der Waals surface area contributed by atoms with Crippen LogP contribution < -0.4 is 4.90 Å². The van der Waals surface area contributed by atoms with E-state index >= 15 is 0 Å². The molecular formula is C17H22N2O. The molecule has 0 radical (unpaired) electrons. The third kappa shape index (κ3) is 2.50. The maximum atomic E-state index is 5.40. The van der Waals surface area contributed by atoms with E-state index in [-0.39, 0.29) is 5.41 Å². The number of hydrogen-bond acceptors (Lipinski definition) is 3. The zero-order valence-electron chi connectivity index (χ0n) is 12.5. The minimum Gasteiger partial charge on any atom is -0.378 e. The first-order valence-corrected chi connectivity index (χ1v) is 7.28. The van der Waals surface area contributed by atoms with Gasteiger partial charge in [0, 0.05) is 24.7 Å². The average Bonchev–Trinajstić information content (AvgIpc) is 2.46. The van der Waals surface area contributed by atoms with Crippen molar-refractivity contribution in [3.05, 3.63) is 36.0 Å². The Labute approximate surface area is 120 Å². The molecule has 0 saturated carbocycles. The van der Waals surface area contributed by atoms with Crippen LogP contribution >= 0.6 is 0 Å². The predicted octanol–water partition coefficient (Wildman–Crippen LogP) is 3.37. The molecule has 1 fully saturated rings. The highest BCUT2D eigenvalue weighted by Gasteiger charge is 2.18. The second kappa shape index (κ2) is 5.06. The van der Waals surface area contributed by atoms with Crippen LogP contribution in [-0.4, -0.2) is 31.3 Å². The Kier molecular flexibility index (Phi) is 3.38. The number of fused-ring (bicyclic) bond motifs is 1. The van der Waals surface area contributed by atoms with E-state index in [0.29, 0.717) is 0 Å². The third-order valence-electron chi connectivity index (χ3n) is 3.89. The van der Waals surface area contributed by atoms with Crippen LogP contribution in [0.1, 0.15) is 26.3 Å². The number of rotatable bonds is 1. The summed E-state index contributed by atoms with van der Waals surface area (Å²) in [7, 11) is 0. The first-order chi connectivity index (χ1) is 9.55. The van der Waals surface area contributed by atoms with Crippen molar-refractivity contribution in [2.45, 2.75) is 26.2 Å². The van der Waals surface area contributed by atoms with E-state index in [1.54, 1.807) is 0 Å². The summed E-state index contributed by atoms with van der Waals surface area (Å²) in [5.74, 6) is 1.06. The molecule has 1 aliphatic rings. The lowest BCUT2D eigenvalue weighted by atomic mass is 9.84. The summed E-state index contributed by atoms with van der Waals surface area (Å²) in [6, 6.07) is 8.73. The Bertz CT molecular complexity index is 610. The van der Waals surface area contributed by atoms with Crippen molar-refractivity contribution in [3.8, 4) is 0 Å². The van der Waals surface area contributed by atoms with E-state index in [1.807, 2.05) is 6.20 Å². The van der Waals surface area contributed by atoms with E-state index in [2.05, 4.69) is 54.9 Å². The van der Waals surface area contributed by atoms with Crippen LogP contribution in [0.15, 0.2) is 30.5 Å². The molecule has 1 aliphatic heterocycles. The Morgan fingerprint density at radius 3 is 2.60 bits per heavy atom. The average molecular weight is 270 g/mol. The molecule has 3 heteroatoms. The standard InChI is InChI=1S/C17H22N2O/c1-17(2,3)15-6-4-5-13-11-16(18-12-14(13)15)19-7-9-20-10-8-19/h4-6,11-12H,7-10H2,1-3H3. The fourth-order valence-corrected chi connectivity index (χ4v) is 2.78. The summed E-state index contributed by atoms with van der Waals surface area (Å²) < 4.78 is 5.40. The van der Waals surface area contributed by atoms with Gasteiger partial charge in [0.05, 0.1) is 13.2 Å². The van der Waals surface area contributed by atoms with E-state index in [4.69, 9.17) is 4.74 Å². The summed E-state index contributed by atoms with van der Waals surface area (Å²) in [4.78, 5) is 6.97. The normalized spacial score (nSPS) is 16.6.